The maximum atomic E-state index is 13.0. The summed E-state index contributed by atoms with van der Waals surface area (Å²) >= 11 is 0. The van der Waals surface area contributed by atoms with Gasteiger partial charge in [0, 0.05) is 25.7 Å². The molecule has 0 aromatic rings. The molecule has 0 aliphatic rings. The van der Waals surface area contributed by atoms with Gasteiger partial charge in [-0.25, -0.2) is 9.13 Å². The Morgan fingerprint density at radius 1 is 0.287 bits per heavy atom. The number of aliphatic hydroxyl groups is 1. The van der Waals surface area contributed by atoms with E-state index in [2.05, 4.69) is 55.4 Å². The third-order valence-corrected chi connectivity index (χ3v) is 17.5. The SMILES string of the molecule is CC(C)CCCCCCCCCCCCCCC(=O)OC[C@H](COP(=O)(O)OCC(O)COP(=O)(O)OC[C@@H](COC(=O)CCCCCCCCCCC(C)C)OC(=O)CCCCCCCCCCC(C)C)OC(=O)CCCCCCCCCC(C)C. The third-order valence-electron chi connectivity index (χ3n) is 15.6. The van der Waals surface area contributed by atoms with Crippen molar-refractivity contribution in [2.45, 2.75) is 350 Å². The molecule has 0 spiro atoms. The molecule has 0 aromatic heterocycles. The number of phosphoric acid groups is 2. The van der Waals surface area contributed by atoms with E-state index in [-0.39, 0.29) is 25.7 Å². The number of carbonyl (C=O) groups is 4. The second-order valence-corrected chi connectivity index (χ2v) is 29.4. The van der Waals surface area contributed by atoms with Crippen LogP contribution in [0.3, 0.4) is 0 Å². The zero-order valence-electron chi connectivity index (χ0n) is 56.6. The van der Waals surface area contributed by atoms with Crippen LogP contribution in [0.1, 0.15) is 331 Å². The van der Waals surface area contributed by atoms with E-state index in [9.17, 15) is 43.2 Å². The number of phosphoric ester groups is 2. The van der Waals surface area contributed by atoms with Gasteiger partial charge in [-0.1, -0.05) is 280 Å². The van der Waals surface area contributed by atoms with Crippen molar-refractivity contribution >= 4 is 39.5 Å². The number of ether oxygens (including phenoxy) is 4. The Kier molecular flexibility index (Phi) is 56.6. The molecule has 0 heterocycles. The van der Waals surface area contributed by atoms with Gasteiger partial charge in [-0.2, -0.15) is 0 Å². The number of esters is 4. The lowest BCUT2D eigenvalue weighted by Gasteiger charge is -2.21. The molecule has 0 aliphatic carbocycles. The molecule has 0 saturated carbocycles. The molecule has 3 unspecified atom stereocenters. The summed E-state index contributed by atoms with van der Waals surface area (Å²) in [5.41, 5.74) is 0. The maximum Gasteiger partial charge on any atom is 0.472 e. The molecule has 0 fully saturated rings. The van der Waals surface area contributed by atoms with E-state index < -0.39 is 97.5 Å². The fourth-order valence-electron chi connectivity index (χ4n) is 10.1. The Balaban J connectivity index is 5.23. The van der Waals surface area contributed by atoms with E-state index in [1.807, 2.05) is 0 Å². The van der Waals surface area contributed by atoms with Crippen molar-refractivity contribution in [3.63, 3.8) is 0 Å². The molecule has 516 valence electrons. The van der Waals surface area contributed by atoms with Gasteiger partial charge in [-0.3, -0.25) is 37.3 Å². The van der Waals surface area contributed by atoms with Crippen molar-refractivity contribution in [2.75, 3.05) is 39.6 Å². The summed E-state index contributed by atoms with van der Waals surface area (Å²) < 4.78 is 68.2. The molecule has 0 amide bonds. The Hall–Kier alpha value is -1.94. The minimum Gasteiger partial charge on any atom is -0.462 e. The van der Waals surface area contributed by atoms with Crippen molar-refractivity contribution < 1.29 is 80.2 Å². The predicted molar refractivity (Wildman–Crippen MR) is 349 cm³/mol. The van der Waals surface area contributed by atoms with Crippen molar-refractivity contribution in [3.05, 3.63) is 0 Å². The van der Waals surface area contributed by atoms with Gasteiger partial charge in [0.2, 0.25) is 0 Å². The van der Waals surface area contributed by atoms with E-state index in [1.54, 1.807) is 0 Å². The lowest BCUT2D eigenvalue weighted by molar-refractivity contribution is -0.161. The highest BCUT2D eigenvalue weighted by Crippen LogP contribution is 2.45. The molecule has 0 rings (SSSR count). The lowest BCUT2D eigenvalue weighted by Crippen LogP contribution is -2.30. The van der Waals surface area contributed by atoms with E-state index in [0.29, 0.717) is 31.6 Å². The van der Waals surface area contributed by atoms with E-state index in [4.69, 9.17) is 37.0 Å². The van der Waals surface area contributed by atoms with Crippen molar-refractivity contribution in [1.82, 2.24) is 0 Å². The summed E-state index contributed by atoms with van der Waals surface area (Å²) in [7, 11) is -9.90. The molecule has 87 heavy (non-hydrogen) atoms. The van der Waals surface area contributed by atoms with Gasteiger partial charge < -0.3 is 33.8 Å². The summed E-state index contributed by atoms with van der Waals surface area (Å²) in [6.07, 6.45) is 39.1. The first-order chi connectivity index (χ1) is 41.6. The van der Waals surface area contributed by atoms with Crippen molar-refractivity contribution in [3.8, 4) is 0 Å². The summed E-state index contributed by atoms with van der Waals surface area (Å²) in [5, 5.41) is 10.6. The van der Waals surface area contributed by atoms with Crippen LogP contribution in [0, 0.1) is 23.7 Å². The van der Waals surface area contributed by atoms with Crippen LogP contribution >= 0.6 is 15.6 Å². The first kappa shape index (κ1) is 85.1. The van der Waals surface area contributed by atoms with Crippen LogP contribution in [0.25, 0.3) is 0 Å². The quantitative estimate of drug-likeness (QED) is 0.0222. The molecule has 0 aliphatic heterocycles. The van der Waals surface area contributed by atoms with Crippen molar-refractivity contribution in [2.24, 2.45) is 23.7 Å². The molecule has 0 saturated heterocycles. The summed E-state index contributed by atoms with van der Waals surface area (Å²) in [5.74, 6) is 0.786. The number of unbranched alkanes of at least 4 members (excludes halogenated alkanes) is 31. The Morgan fingerprint density at radius 3 is 0.713 bits per heavy atom. The molecular formula is C68H132O17P2. The Bertz CT molecular complexity index is 1730. The maximum absolute atomic E-state index is 13.0. The van der Waals surface area contributed by atoms with Crippen LogP contribution in [0.4, 0.5) is 0 Å². The summed E-state index contributed by atoms with van der Waals surface area (Å²) in [6, 6.07) is 0. The first-order valence-electron chi connectivity index (χ1n) is 35.2. The molecule has 5 atom stereocenters. The zero-order chi connectivity index (χ0) is 64.7. The van der Waals surface area contributed by atoms with Gasteiger partial charge in [0.15, 0.2) is 12.2 Å². The zero-order valence-corrected chi connectivity index (χ0v) is 58.4. The number of hydrogen-bond donors (Lipinski definition) is 3. The minimum atomic E-state index is -4.95. The van der Waals surface area contributed by atoms with Crippen LogP contribution in [-0.4, -0.2) is 96.7 Å². The molecule has 0 bridgehead atoms. The average molecular weight is 1280 g/mol. The van der Waals surface area contributed by atoms with Gasteiger partial charge in [-0.15, -0.1) is 0 Å². The molecule has 3 N–H and O–H groups in total. The molecule has 19 heteroatoms. The van der Waals surface area contributed by atoms with Gasteiger partial charge in [-0.05, 0) is 49.4 Å². The van der Waals surface area contributed by atoms with Crippen LogP contribution in [-0.2, 0) is 65.4 Å². The molecular weight excluding hydrogens is 1150 g/mol. The fraction of sp³-hybridized carbons (Fsp3) is 0.941. The predicted octanol–water partition coefficient (Wildman–Crippen LogP) is 18.9. The second kappa shape index (κ2) is 57.9. The monoisotopic (exact) mass is 1280 g/mol. The van der Waals surface area contributed by atoms with E-state index in [1.165, 1.54) is 135 Å². The van der Waals surface area contributed by atoms with Gasteiger partial charge in [0.1, 0.15) is 19.3 Å². The fourth-order valence-corrected chi connectivity index (χ4v) is 11.7. The summed E-state index contributed by atoms with van der Waals surface area (Å²) in [6.45, 7) is 14.0. The first-order valence-corrected chi connectivity index (χ1v) is 38.2. The Labute approximate surface area is 530 Å². The standard InChI is InChI=1S/C68H132O17P2/c1-58(2)44-36-28-20-13-11-9-10-12-14-24-32-40-48-65(70)78-55-64(85-68(73)51-43-35-27-19-23-31-39-47-61(7)8)57-83-87(76,77)81-53-62(69)52-80-86(74,75)82-56-63(84-67(72)50-42-34-26-18-16-22-30-38-46-60(5)6)54-79-66(71)49-41-33-25-17-15-21-29-37-45-59(3)4/h58-64,69H,9-57H2,1-8H3,(H,74,75)(H,76,77)/t62?,63-,64-/m1/s1. The molecule has 17 nitrogen and oxygen atoms in total. The lowest BCUT2D eigenvalue weighted by atomic mass is 10.0. The van der Waals surface area contributed by atoms with E-state index >= 15 is 0 Å². The average Bonchev–Trinajstić information content (AvgIpc) is 3.68. The molecule has 0 radical (unpaired) electrons. The largest absolute Gasteiger partial charge is 0.472 e. The highest BCUT2D eigenvalue weighted by molar-refractivity contribution is 7.47. The normalized spacial score (nSPS) is 14.3. The van der Waals surface area contributed by atoms with Gasteiger partial charge in [0.05, 0.1) is 26.4 Å². The number of rotatable bonds is 65. The van der Waals surface area contributed by atoms with Crippen LogP contribution < -0.4 is 0 Å². The number of hydrogen-bond acceptors (Lipinski definition) is 15. The smallest absolute Gasteiger partial charge is 0.462 e. The van der Waals surface area contributed by atoms with E-state index in [0.717, 1.165) is 108 Å². The number of carbonyl (C=O) groups excluding carboxylic acids is 4. The van der Waals surface area contributed by atoms with Crippen LogP contribution in [0.15, 0.2) is 0 Å². The highest BCUT2D eigenvalue weighted by atomic mass is 31.2. The highest BCUT2D eigenvalue weighted by Gasteiger charge is 2.30. The van der Waals surface area contributed by atoms with Gasteiger partial charge >= 0.3 is 39.5 Å². The third kappa shape index (κ3) is 62.6. The van der Waals surface area contributed by atoms with Gasteiger partial charge in [0.25, 0.3) is 0 Å². The van der Waals surface area contributed by atoms with Crippen LogP contribution in [0.5, 0.6) is 0 Å². The topological polar surface area (TPSA) is 237 Å². The van der Waals surface area contributed by atoms with Crippen LogP contribution in [0.2, 0.25) is 0 Å². The number of aliphatic hydroxyl groups excluding tert-OH is 1. The minimum absolute atomic E-state index is 0.103. The summed E-state index contributed by atoms with van der Waals surface area (Å²) in [4.78, 5) is 72.4. The molecule has 0 aromatic carbocycles. The second-order valence-electron chi connectivity index (χ2n) is 26.5. The Morgan fingerprint density at radius 2 is 0.483 bits per heavy atom. The van der Waals surface area contributed by atoms with Crippen molar-refractivity contribution in [1.29, 1.82) is 0 Å².